The van der Waals surface area contributed by atoms with Gasteiger partial charge >= 0.3 is 12.0 Å². The van der Waals surface area contributed by atoms with E-state index in [1.54, 1.807) is 42.6 Å². The number of hydrogen-bond donors (Lipinski definition) is 2. The van der Waals surface area contributed by atoms with Crippen LogP contribution in [0.2, 0.25) is 0 Å². The zero-order chi connectivity index (χ0) is 20.5. The molecule has 1 aromatic carbocycles. The summed E-state index contributed by atoms with van der Waals surface area (Å²) in [6.07, 6.45) is 4.33. The number of carbonyl (C=O) groups excluding carboxylic acids is 3. The molecule has 4 amide bonds. The van der Waals surface area contributed by atoms with E-state index in [-0.39, 0.29) is 18.7 Å². The second kappa shape index (κ2) is 7.12. The van der Waals surface area contributed by atoms with Gasteiger partial charge in [0.1, 0.15) is 17.9 Å². The number of furan rings is 1. The van der Waals surface area contributed by atoms with Crippen LogP contribution >= 0.6 is 0 Å². The minimum Gasteiger partial charge on any atom is -0.480 e. The van der Waals surface area contributed by atoms with Crippen LogP contribution in [-0.2, 0) is 27.5 Å². The van der Waals surface area contributed by atoms with Crippen LogP contribution in [0.1, 0.15) is 11.3 Å². The molecule has 9 heteroatoms. The van der Waals surface area contributed by atoms with E-state index in [0.717, 1.165) is 4.90 Å². The molecule has 0 atom stereocenters. The molecule has 4 rings (SSSR count). The fourth-order valence-corrected chi connectivity index (χ4v) is 3.22. The van der Waals surface area contributed by atoms with Gasteiger partial charge in [0, 0.05) is 22.7 Å². The summed E-state index contributed by atoms with van der Waals surface area (Å²) in [4.78, 5) is 49.3. The lowest BCUT2D eigenvalue weighted by Crippen LogP contribution is -2.53. The number of benzene rings is 1. The van der Waals surface area contributed by atoms with Gasteiger partial charge in [-0.25, -0.2) is 4.79 Å². The van der Waals surface area contributed by atoms with Crippen molar-refractivity contribution in [3.8, 4) is 0 Å². The number of fused-ring (bicyclic) bond motifs is 1. The fourth-order valence-electron chi connectivity index (χ4n) is 3.22. The first kappa shape index (κ1) is 18.2. The van der Waals surface area contributed by atoms with Crippen molar-refractivity contribution >= 4 is 40.8 Å². The lowest BCUT2D eigenvalue weighted by Gasteiger charge is -2.25. The molecule has 1 saturated heterocycles. The predicted octanol–water partition coefficient (Wildman–Crippen LogP) is 1.98. The molecule has 2 N–H and O–H groups in total. The molecule has 1 fully saturated rings. The van der Waals surface area contributed by atoms with E-state index in [1.165, 1.54) is 16.9 Å². The maximum Gasteiger partial charge on any atom is 0.331 e. The standard InChI is InChI=1S/C20H15N3O6/c24-17(25)11-22-9-12(14-5-1-2-6-16(14)22)8-15-18(26)21-20(28)23(19(15)27)10-13-4-3-7-29-13/h1-9H,10-11H2,(H,24,25)(H,21,26,28). The van der Waals surface area contributed by atoms with Crippen molar-refractivity contribution in [2.45, 2.75) is 13.1 Å². The normalized spacial score (nSPS) is 15.9. The summed E-state index contributed by atoms with van der Waals surface area (Å²) in [5, 5.41) is 11.9. The fraction of sp³-hybridized carbons (Fsp3) is 0.100. The number of carbonyl (C=O) groups is 4. The minimum absolute atomic E-state index is 0.122. The molecule has 1 aliphatic heterocycles. The van der Waals surface area contributed by atoms with Gasteiger partial charge in [-0.2, -0.15) is 0 Å². The van der Waals surface area contributed by atoms with Crippen LogP contribution < -0.4 is 5.32 Å². The zero-order valence-corrected chi connectivity index (χ0v) is 15.0. The molecule has 0 saturated carbocycles. The van der Waals surface area contributed by atoms with Crippen molar-refractivity contribution in [2.24, 2.45) is 0 Å². The molecule has 0 bridgehead atoms. The summed E-state index contributed by atoms with van der Waals surface area (Å²) in [6, 6.07) is 9.44. The Hall–Kier alpha value is -4.14. The molecule has 29 heavy (non-hydrogen) atoms. The average Bonchev–Trinajstić information content (AvgIpc) is 3.30. The monoisotopic (exact) mass is 393 g/mol. The van der Waals surface area contributed by atoms with Gasteiger partial charge in [-0.05, 0) is 24.3 Å². The number of imide groups is 2. The summed E-state index contributed by atoms with van der Waals surface area (Å²) in [6.45, 7) is -0.393. The van der Waals surface area contributed by atoms with Crippen LogP contribution in [0.3, 0.4) is 0 Å². The number of aromatic nitrogens is 1. The molecular formula is C20H15N3O6. The van der Waals surface area contributed by atoms with Crippen LogP contribution in [0.4, 0.5) is 4.79 Å². The Labute approximate surface area is 163 Å². The molecule has 9 nitrogen and oxygen atoms in total. The Morgan fingerprint density at radius 3 is 2.66 bits per heavy atom. The highest BCUT2D eigenvalue weighted by atomic mass is 16.4. The highest BCUT2D eigenvalue weighted by Gasteiger charge is 2.36. The van der Waals surface area contributed by atoms with Gasteiger partial charge < -0.3 is 14.1 Å². The number of urea groups is 1. The Bertz CT molecular complexity index is 1170. The number of rotatable bonds is 5. The van der Waals surface area contributed by atoms with E-state index in [2.05, 4.69) is 5.32 Å². The summed E-state index contributed by atoms with van der Waals surface area (Å²) in [5.41, 5.74) is 0.913. The third kappa shape index (κ3) is 3.41. The number of para-hydroxylation sites is 1. The highest BCUT2D eigenvalue weighted by Crippen LogP contribution is 2.25. The van der Waals surface area contributed by atoms with Gasteiger partial charge in [0.25, 0.3) is 11.8 Å². The highest BCUT2D eigenvalue weighted by molar-refractivity contribution is 6.31. The molecule has 0 unspecified atom stereocenters. The predicted molar refractivity (Wildman–Crippen MR) is 100 cm³/mol. The number of carboxylic acids is 1. The van der Waals surface area contributed by atoms with Gasteiger partial charge in [-0.15, -0.1) is 0 Å². The van der Waals surface area contributed by atoms with Crippen LogP contribution in [0.5, 0.6) is 0 Å². The van der Waals surface area contributed by atoms with Crippen molar-refractivity contribution in [3.63, 3.8) is 0 Å². The zero-order valence-electron chi connectivity index (χ0n) is 15.0. The number of nitrogens with one attached hydrogen (secondary N) is 1. The van der Waals surface area contributed by atoms with Gasteiger partial charge in [0.2, 0.25) is 0 Å². The third-order valence-corrected chi connectivity index (χ3v) is 4.50. The van der Waals surface area contributed by atoms with Gasteiger partial charge in [-0.3, -0.25) is 24.6 Å². The first-order valence-corrected chi connectivity index (χ1v) is 8.65. The Balaban J connectivity index is 1.74. The van der Waals surface area contributed by atoms with Crippen molar-refractivity contribution < 1.29 is 28.7 Å². The SMILES string of the molecule is O=C(O)Cn1cc(C=C2C(=O)NC(=O)N(Cc3ccco3)C2=O)c2ccccc21. The second-order valence-electron chi connectivity index (χ2n) is 6.41. The van der Waals surface area contributed by atoms with E-state index in [0.29, 0.717) is 22.2 Å². The largest absolute Gasteiger partial charge is 0.480 e. The Morgan fingerprint density at radius 1 is 1.14 bits per heavy atom. The van der Waals surface area contributed by atoms with Crippen molar-refractivity contribution in [1.29, 1.82) is 0 Å². The van der Waals surface area contributed by atoms with Crippen LogP contribution in [0.15, 0.2) is 58.8 Å². The van der Waals surface area contributed by atoms with E-state index < -0.39 is 23.8 Å². The number of aliphatic carboxylic acids is 1. The van der Waals surface area contributed by atoms with E-state index in [4.69, 9.17) is 9.52 Å². The van der Waals surface area contributed by atoms with Gasteiger partial charge in [0.15, 0.2) is 0 Å². The molecule has 146 valence electrons. The third-order valence-electron chi connectivity index (χ3n) is 4.50. The summed E-state index contributed by atoms with van der Waals surface area (Å²) >= 11 is 0. The maximum absolute atomic E-state index is 12.8. The number of amides is 4. The number of nitrogens with zero attached hydrogens (tertiary/aromatic N) is 2. The van der Waals surface area contributed by atoms with Crippen LogP contribution in [-0.4, -0.2) is 38.4 Å². The Kier molecular flexibility index (Phi) is 4.47. The van der Waals surface area contributed by atoms with Crippen LogP contribution in [0, 0.1) is 0 Å². The van der Waals surface area contributed by atoms with Crippen molar-refractivity contribution in [2.75, 3.05) is 0 Å². The molecule has 0 radical (unpaired) electrons. The lowest BCUT2D eigenvalue weighted by atomic mass is 10.1. The van der Waals surface area contributed by atoms with Crippen LogP contribution in [0.25, 0.3) is 17.0 Å². The number of barbiturate groups is 1. The molecular weight excluding hydrogens is 378 g/mol. The molecule has 3 aromatic rings. The first-order chi connectivity index (χ1) is 13.9. The maximum atomic E-state index is 12.8. The van der Waals surface area contributed by atoms with E-state index in [9.17, 15) is 19.2 Å². The molecule has 0 spiro atoms. The summed E-state index contributed by atoms with van der Waals surface area (Å²) in [7, 11) is 0. The molecule has 3 heterocycles. The molecule has 0 aliphatic carbocycles. The van der Waals surface area contributed by atoms with Crippen molar-refractivity contribution in [3.05, 3.63) is 65.8 Å². The summed E-state index contributed by atoms with van der Waals surface area (Å²) < 4.78 is 6.69. The van der Waals surface area contributed by atoms with Gasteiger partial charge in [-0.1, -0.05) is 18.2 Å². The molecule has 1 aliphatic rings. The average molecular weight is 393 g/mol. The summed E-state index contributed by atoms with van der Waals surface area (Å²) in [5.74, 6) is -2.21. The quantitative estimate of drug-likeness (QED) is 0.505. The minimum atomic E-state index is -1.02. The lowest BCUT2D eigenvalue weighted by molar-refractivity contribution is -0.137. The van der Waals surface area contributed by atoms with E-state index in [1.807, 2.05) is 0 Å². The van der Waals surface area contributed by atoms with Gasteiger partial charge in [0.05, 0.1) is 12.8 Å². The second-order valence-corrected chi connectivity index (χ2v) is 6.41. The Morgan fingerprint density at radius 2 is 1.93 bits per heavy atom. The smallest absolute Gasteiger partial charge is 0.331 e. The van der Waals surface area contributed by atoms with Crippen molar-refractivity contribution in [1.82, 2.24) is 14.8 Å². The molecule has 2 aromatic heterocycles. The topological polar surface area (TPSA) is 122 Å². The van der Waals surface area contributed by atoms with E-state index >= 15 is 0 Å². The number of carboxylic acid groups (broad SMARTS) is 1. The first-order valence-electron chi connectivity index (χ1n) is 8.65. The number of hydrogen-bond acceptors (Lipinski definition) is 5.